The summed E-state index contributed by atoms with van der Waals surface area (Å²) in [6, 6.07) is 3.30. The van der Waals surface area contributed by atoms with Gasteiger partial charge in [-0.25, -0.2) is 4.98 Å². The quantitative estimate of drug-likeness (QED) is 0.221. The molecule has 1 aromatic heterocycles. The zero-order valence-corrected chi connectivity index (χ0v) is 32.2. The lowest BCUT2D eigenvalue weighted by Crippen LogP contribution is -2.63. The van der Waals surface area contributed by atoms with Gasteiger partial charge in [-0.3, -0.25) is 33.8 Å². The molecule has 1 aliphatic heterocycles. The van der Waals surface area contributed by atoms with E-state index in [-0.39, 0.29) is 35.5 Å². The molecule has 3 saturated carbocycles. The van der Waals surface area contributed by atoms with Crippen LogP contribution in [0, 0.1) is 17.3 Å². The average molecular weight is 744 g/mol. The minimum absolute atomic E-state index is 0.00780. The molecule has 6 rings (SSSR count). The van der Waals surface area contributed by atoms with Crippen LogP contribution in [-0.4, -0.2) is 86.4 Å². The highest BCUT2D eigenvalue weighted by Gasteiger charge is 2.51. The summed E-state index contributed by atoms with van der Waals surface area (Å²) < 4.78 is 0. The fourth-order valence-electron chi connectivity index (χ4n) is 8.66. The predicted molar refractivity (Wildman–Crippen MR) is 203 cm³/mol. The topological polar surface area (TPSA) is 180 Å². The highest BCUT2D eigenvalue weighted by molar-refractivity contribution is 6.38. The molecule has 6 atom stereocenters. The van der Waals surface area contributed by atoms with E-state index in [2.05, 4.69) is 31.2 Å². The van der Waals surface area contributed by atoms with Crippen molar-refractivity contribution < 1.29 is 28.8 Å². The third kappa shape index (κ3) is 9.09. The van der Waals surface area contributed by atoms with Crippen molar-refractivity contribution in [2.75, 3.05) is 0 Å². The second kappa shape index (κ2) is 16.9. The summed E-state index contributed by atoms with van der Waals surface area (Å²) in [6.07, 6.45) is 12.4. The number of hydrogen-bond donors (Lipinski definition) is 4. The van der Waals surface area contributed by atoms with E-state index in [1.807, 2.05) is 45.9 Å². The van der Waals surface area contributed by atoms with Gasteiger partial charge in [0.15, 0.2) is 0 Å². The van der Waals surface area contributed by atoms with Crippen LogP contribution in [0.4, 0.5) is 0 Å². The molecule has 4 fully saturated rings. The number of para-hydroxylation sites is 2. The molecule has 1 saturated heterocycles. The highest BCUT2D eigenvalue weighted by atomic mass is 16.2. The number of hydrogen-bond acceptors (Lipinski definition) is 8. The Morgan fingerprint density at radius 2 is 1.54 bits per heavy atom. The van der Waals surface area contributed by atoms with Gasteiger partial charge in [0.05, 0.1) is 23.3 Å². The Balaban J connectivity index is 1.23. The zero-order valence-electron chi connectivity index (χ0n) is 32.2. The van der Waals surface area contributed by atoms with Crippen molar-refractivity contribution in [3.05, 3.63) is 36.2 Å². The first-order valence-corrected chi connectivity index (χ1v) is 20.2. The Hall–Kier alpha value is -4.42. The molecule has 2 heterocycles. The van der Waals surface area contributed by atoms with Crippen LogP contribution in [0.25, 0.3) is 11.0 Å². The number of ketones is 1. The normalized spacial score (nSPS) is 23.4. The second-order valence-electron chi connectivity index (χ2n) is 17.0. The van der Waals surface area contributed by atoms with E-state index >= 15 is 0 Å². The number of benzene rings is 1. The van der Waals surface area contributed by atoms with Crippen LogP contribution in [-0.2, 0) is 24.0 Å². The SMILES string of the molecule is CCC[C@H](NC(=O)[C@@H]1C[C@@H]2CCCC[C@@H]2N1C(=O)[C@@H](NC(=O)[C@@H](NC(=O)c1cnc2ccccc2n1)C1CCCCC1)C(C)(C)C)C(=O)C(=O)NC1CC1. The lowest BCUT2D eigenvalue weighted by atomic mass is 9.81. The monoisotopic (exact) mass is 743 g/mol. The van der Waals surface area contributed by atoms with Gasteiger partial charge in [0.1, 0.15) is 23.8 Å². The molecule has 54 heavy (non-hydrogen) atoms. The number of Topliss-reactive ketones (excluding diaryl/α,β-unsaturated/α-hetero) is 1. The Labute approximate surface area is 318 Å². The van der Waals surface area contributed by atoms with Gasteiger partial charge in [0.2, 0.25) is 23.5 Å². The van der Waals surface area contributed by atoms with Crippen LogP contribution >= 0.6 is 0 Å². The van der Waals surface area contributed by atoms with Gasteiger partial charge in [0.25, 0.3) is 11.8 Å². The van der Waals surface area contributed by atoms with Crippen molar-refractivity contribution in [2.45, 2.75) is 154 Å². The molecule has 1 aromatic carbocycles. The number of nitrogens with zero attached hydrogens (tertiary/aromatic N) is 3. The maximum atomic E-state index is 14.9. The highest BCUT2D eigenvalue weighted by Crippen LogP contribution is 2.41. The summed E-state index contributed by atoms with van der Waals surface area (Å²) in [5.74, 6) is -3.16. The number of likely N-dealkylation sites (tertiary alicyclic amines) is 1. The van der Waals surface area contributed by atoms with Gasteiger partial charge < -0.3 is 26.2 Å². The molecule has 4 aliphatic rings. The standard InChI is InChI=1S/C41H57N7O6/c1-5-13-29(34(49)39(53)43-26-20-21-26)45-37(51)32-22-25-16-9-12-19-31(25)48(32)40(54)35(41(2,3)4)47-38(52)33(24-14-7-6-8-15-24)46-36(50)30-23-42-27-17-10-11-18-28(27)44-30/h10-11,17-18,23-26,29,31-33,35H,5-9,12-16,19-22H2,1-4H3,(H,43,53)(H,45,51)(H,46,50)(H,47,52)/t25-,29-,31-,32-,33-,35+/m0/s1. The molecule has 3 aliphatic carbocycles. The summed E-state index contributed by atoms with van der Waals surface area (Å²) >= 11 is 0. The van der Waals surface area contributed by atoms with Crippen molar-refractivity contribution in [1.82, 2.24) is 36.1 Å². The van der Waals surface area contributed by atoms with E-state index in [9.17, 15) is 28.8 Å². The molecule has 0 unspecified atom stereocenters. The predicted octanol–water partition coefficient (Wildman–Crippen LogP) is 4.13. The van der Waals surface area contributed by atoms with Crippen molar-refractivity contribution in [3.63, 3.8) is 0 Å². The van der Waals surface area contributed by atoms with Crippen molar-refractivity contribution >= 4 is 46.4 Å². The number of carbonyl (C=O) groups excluding carboxylic acids is 6. The number of nitrogens with one attached hydrogen (secondary N) is 4. The maximum absolute atomic E-state index is 14.9. The Bertz CT molecular complexity index is 1730. The van der Waals surface area contributed by atoms with Gasteiger partial charge in [-0.1, -0.05) is 78.4 Å². The fraction of sp³-hybridized carbons (Fsp3) is 0.659. The molecule has 13 nitrogen and oxygen atoms in total. The minimum atomic E-state index is -1.01. The summed E-state index contributed by atoms with van der Waals surface area (Å²) in [5, 5.41) is 11.6. The third-order valence-electron chi connectivity index (χ3n) is 11.8. The van der Waals surface area contributed by atoms with E-state index in [4.69, 9.17) is 0 Å². The van der Waals surface area contributed by atoms with Crippen molar-refractivity contribution in [2.24, 2.45) is 17.3 Å². The number of rotatable bonds is 13. The molecule has 4 N–H and O–H groups in total. The van der Waals surface area contributed by atoms with Gasteiger partial charge in [-0.15, -0.1) is 0 Å². The maximum Gasteiger partial charge on any atom is 0.289 e. The number of carbonyl (C=O) groups is 6. The Morgan fingerprint density at radius 3 is 2.22 bits per heavy atom. The Morgan fingerprint density at radius 1 is 0.852 bits per heavy atom. The van der Waals surface area contributed by atoms with E-state index < -0.39 is 59.0 Å². The summed E-state index contributed by atoms with van der Waals surface area (Å²) in [4.78, 5) is 93.7. The summed E-state index contributed by atoms with van der Waals surface area (Å²) in [5.41, 5.74) is 0.569. The first kappa shape index (κ1) is 39.3. The lowest BCUT2D eigenvalue weighted by molar-refractivity contribution is -0.147. The minimum Gasteiger partial charge on any atom is -0.347 e. The smallest absolute Gasteiger partial charge is 0.289 e. The fourth-order valence-corrected chi connectivity index (χ4v) is 8.66. The van der Waals surface area contributed by atoms with Crippen molar-refractivity contribution in [3.8, 4) is 0 Å². The third-order valence-corrected chi connectivity index (χ3v) is 11.8. The second-order valence-corrected chi connectivity index (χ2v) is 17.0. The molecule has 0 bridgehead atoms. The first-order valence-electron chi connectivity index (χ1n) is 20.2. The van der Waals surface area contributed by atoms with Crippen LogP contribution in [0.3, 0.4) is 0 Å². The molecular weight excluding hydrogens is 686 g/mol. The van der Waals surface area contributed by atoms with Crippen LogP contribution < -0.4 is 21.3 Å². The first-order chi connectivity index (χ1) is 25.8. The van der Waals surface area contributed by atoms with E-state index in [0.717, 1.165) is 70.6 Å². The number of fused-ring (bicyclic) bond motifs is 2. The number of amides is 5. The van der Waals surface area contributed by atoms with E-state index in [1.54, 1.807) is 11.0 Å². The van der Waals surface area contributed by atoms with Crippen LogP contribution in [0.15, 0.2) is 30.5 Å². The summed E-state index contributed by atoms with van der Waals surface area (Å²) in [7, 11) is 0. The molecule has 5 amide bonds. The van der Waals surface area contributed by atoms with Crippen LogP contribution in [0.2, 0.25) is 0 Å². The van der Waals surface area contributed by atoms with Crippen molar-refractivity contribution in [1.29, 1.82) is 0 Å². The molecule has 292 valence electrons. The van der Waals surface area contributed by atoms with Gasteiger partial charge >= 0.3 is 0 Å². The zero-order chi connectivity index (χ0) is 38.6. The number of aromatic nitrogens is 2. The van der Waals surface area contributed by atoms with Gasteiger partial charge in [-0.05, 0) is 80.8 Å². The molecule has 0 radical (unpaired) electrons. The average Bonchev–Trinajstić information content (AvgIpc) is 3.90. The Kier molecular flexibility index (Phi) is 12.3. The summed E-state index contributed by atoms with van der Waals surface area (Å²) in [6.45, 7) is 7.53. The van der Waals surface area contributed by atoms with Gasteiger partial charge in [-0.2, -0.15) is 0 Å². The molecule has 0 spiro atoms. The molecule has 2 aromatic rings. The molecule has 13 heteroatoms. The molecular formula is C41H57N7O6. The van der Waals surface area contributed by atoms with Crippen LogP contribution in [0.5, 0.6) is 0 Å². The van der Waals surface area contributed by atoms with Crippen LogP contribution in [0.1, 0.15) is 128 Å². The van der Waals surface area contributed by atoms with E-state index in [1.165, 1.54) is 6.20 Å². The largest absolute Gasteiger partial charge is 0.347 e. The lowest BCUT2D eigenvalue weighted by Gasteiger charge is -2.40. The van der Waals surface area contributed by atoms with E-state index in [0.29, 0.717) is 30.3 Å². The van der Waals surface area contributed by atoms with Gasteiger partial charge in [0, 0.05) is 12.1 Å².